The van der Waals surface area contributed by atoms with Gasteiger partial charge in [0.2, 0.25) is 0 Å². The predicted molar refractivity (Wildman–Crippen MR) is 123 cm³/mol. The van der Waals surface area contributed by atoms with Gasteiger partial charge in [-0.2, -0.15) is 0 Å². The van der Waals surface area contributed by atoms with Crippen molar-refractivity contribution in [3.8, 4) is 26.8 Å². The summed E-state index contributed by atoms with van der Waals surface area (Å²) < 4.78 is 28.1. The molecule has 168 valence electrons. The Bertz CT molecular complexity index is 1270. The van der Waals surface area contributed by atoms with E-state index in [2.05, 4.69) is 10.3 Å². The molecular weight excluding hydrogens is 446 g/mol. The lowest BCUT2D eigenvalue weighted by molar-refractivity contribution is 0.0916. The lowest BCUT2D eigenvalue weighted by Crippen LogP contribution is -2.39. The summed E-state index contributed by atoms with van der Waals surface area (Å²) in [7, 11) is 0. The Hall–Kier alpha value is -3.62. The number of aromatic nitrogens is 1. The van der Waals surface area contributed by atoms with Crippen molar-refractivity contribution in [2.45, 2.75) is 12.5 Å². The van der Waals surface area contributed by atoms with E-state index in [9.17, 15) is 23.8 Å². The normalized spacial score (nSPS) is 11.8. The van der Waals surface area contributed by atoms with Gasteiger partial charge in [-0.3, -0.25) is 4.79 Å². The fourth-order valence-electron chi connectivity index (χ4n) is 3.44. The second-order valence-electron chi connectivity index (χ2n) is 7.38. The molecule has 1 atom stereocenters. The zero-order chi connectivity index (χ0) is 23.4. The lowest BCUT2D eigenvalue weighted by Gasteiger charge is -2.18. The third-order valence-electron chi connectivity index (χ3n) is 5.12. The summed E-state index contributed by atoms with van der Waals surface area (Å²) >= 11 is 1.18. The Morgan fingerprint density at radius 3 is 2.52 bits per heavy atom. The van der Waals surface area contributed by atoms with Gasteiger partial charge < -0.3 is 15.5 Å². The molecule has 33 heavy (non-hydrogen) atoms. The minimum atomic E-state index is -0.687. The summed E-state index contributed by atoms with van der Waals surface area (Å²) in [6, 6.07) is 16.0. The first-order valence-electron chi connectivity index (χ1n) is 10.2. The van der Waals surface area contributed by atoms with Crippen molar-refractivity contribution in [3.63, 3.8) is 0 Å². The van der Waals surface area contributed by atoms with Crippen LogP contribution in [0.3, 0.4) is 0 Å². The molecule has 1 heterocycles. The number of halogens is 2. The lowest BCUT2D eigenvalue weighted by atomic mass is 10.0. The molecule has 0 spiro atoms. The van der Waals surface area contributed by atoms with Crippen LogP contribution in [0.15, 0.2) is 72.9 Å². The first-order valence-corrected chi connectivity index (χ1v) is 11.0. The van der Waals surface area contributed by atoms with Crippen molar-refractivity contribution in [2.75, 3.05) is 6.61 Å². The maximum absolute atomic E-state index is 14.8. The van der Waals surface area contributed by atoms with Crippen molar-refractivity contribution < 1.29 is 23.8 Å². The van der Waals surface area contributed by atoms with Crippen molar-refractivity contribution in [1.29, 1.82) is 0 Å². The van der Waals surface area contributed by atoms with Crippen LogP contribution in [0.4, 0.5) is 8.78 Å². The van der Waals surface area contributed by atoms with E-state index in [1.807, 2.05) is 0 Å². The van der Waals surface area contributed by atoms with Crippen LogP contribution in [0.25, 0.3) is 21.0 Å². The number of amides is 1. The fourth-order valence-corrected chi connectivity index (χ4v) is 4.42. The maximum Gasteiger partial charge on any atom is 0.252 e. The van der Waals surface area contributed by atoms with Crippen molar-refractivity contribution >= 4 is 17.2 Å². The molecule has 0 saturated heterocycles. The van der Waals surface area contributed by atoms with Crippen molar-refractivity contribution in [3.05, 3.63) is 95.7 Å². The summed E-state index contributed by atoms with van der Waals surface area (Å²) in [6.45, 7) is -0.364. The minimum absolute atomic E-state index is 0.0487. The number of benzene rings is 3. The van der Waals surface area contributed by atoms with Crippen LogP contribution in [-0.2, 0) is 6.42 Å². The number of para-hydroxylation sites is 1. The van der Waals surface area contributed by atoms with Gasteiger partial charge >= 0.3 is 0 Å². The van der Waals surface area contributed by atoms with Gasteiger partial charge in [0.25, 0.3) is 5.91 Å². The van der Waals surface area contributed by atoms with E-state index in [1.165, 1.54) is 47.7 Å². The summed E-state index contributed by atoms with van der Waals surface area (Å²) in [4.78, 5) is 18.0. The number of aliphatic hydroxyl groups excluding tert-OH is 1. The van der Waals surface area contributed by atoms with Crippen LogP contribution >= 0.6 is 11.3 Å². The van der Waals surface area contributed by atoms with Crippen LogP contribution in [0, 0.1) is 11.6 Å². The van der Waals surface area contributed by atoms with Crippen LogP contribution in [0.2, 0.25) is 0 Å². The number of hydrogen-bond donors (Lipinski definition) is 3. The number of nitrogens with zero attached hydrogens (tertiary/aromatic N) is 1. The molecule has 1 aromatic heterocycles. The van der Waals surface area contributed by atoms with Gasteiger partial charge in [0, 0.05) is 6.20 Å². The van der Waals surface area contributed by atoms with Gasteiger partial charge in [-0.15, -0.1) is 11.3 Å². The molecule has 0 aliphatic heterocycles. The highest BCUT2D eigenvalue weighted by Gasteiger charge is 2.22. The van der Waals surface area contributed by atoms with Gasteiger partial charge in [-0.05, 0) is 47.9 Å². The number of hydrogen-bond acceptors (Lipinski definition) is 5. The Morgan fingerprint density at radius 2 is 1.79 bits per heavy atom. The fraction of sp³-hybridized carbons (Fsp3) is 0.120. The SMILES string of the molecule is O=C(N[C@@H](CO)Cc1ccccc1O)c1cccc(F)c1-c1ncc(-c2ccc(F)cc2)s1. The third-order valence-corrected chi connectivity index (χ3v) is 6.18. The van der Waals surface area contributed by atoms with E-state index in [-0.39, 0.29) is 35.7 Å². The number of aliphatic hydroxyl groups is 1. The van der Waals surface area contributed by atoms with Crippen molar-refractivity contribution in [1.82, 2.24) is 10.3 Å². The number of phenolic OH excluding ortho intramolecular Hbond substituents is 1. The minimum Gasteiger partial charge on any atom is -0.508 e. The Morgan fingerprint density at radius 1 is 1.03 bits per heavy atom. The summed E-state index contributed by atoms with van der Waals surface area (Å²) in [6.07, 6.45) is 1.75. The van der Waals surface area contributed by atoms with Crippen LogP contribution in [-0.4, -0.2) is 33.8 Å². The molecule has 3 aromatic carbocycles. The molecule has 0 fully saturated rings. The number of phenols is 1. The zero-order valence-electron chi connectivity index (χ0n) is 17.3. The van der Waals surface area contributed by atoms with E-state index in [0.717, 1.165) is 5.56 Å². The average molecular weight is 467 g/mol. The van der Waals surface area contributed by atoms with Crippen molar-refractivity contribution in [2.24, 2.45) is 0 Å². The Labute approximate surface area is 193 Å². The van der Waals surface area contributed by atoms with E-state index < -0.39 is 17.8 Å². The molecule has 4 rings (SSSR count). The largest absolute Gasteiger partial charge is 0.508 e. The molecule has 3 N–H and O–H groups in total. The molecule has 5 nitrogen and oxygen atoms in total. The van der Waals surface area contributed by atoms with Crippen LogP contribution in [0.5, 0.6) is 5.75 Å². The van der Waals surface area contributed by atoms with Crippen LogP contribution in [0.1, 0.15) is 15.9 Å². The van der Waals surface area contributed by atoms with E-state index in [1.54, 1.807) is 36.5 Å². The summed E-state index contributed by atoms with van der Waals surface area (Å²) in [5.41, 5.74) is 1.42. The molecule has 4 aromatic rings. The van der Waals surface area contributed by atoms with Gasteiger partial charge in [0.05, 0.1) is 28.7 Å². The van der Waals surface area contributed by atoms with Crippen LogP contribution < -0.4 is 5.32 Å². The number of nitrogens with one attached hydrogen (secondary N) is 1. The monoisotopic (exact) mass is 466 g/mol. The second kappa shape index (κ2) is 9.89. The molecule has 8 heteroatoms. The van der Waals surface area contributed by atoms with E-state index in [0.29, 0.717) is 15.4 Å². The van der Waals surface area contributed by atoms with Gasteiger partial charge in [-0.1, -0.05) is 36.4 Å². The number of rotatable bonds is 7. The Kier molecular flexibility index (Phi) is 6.76. The third kappa shape index (κ3) is 5.08. The highest BCUT2D eigenvalue weighted by atomic mass is 32.1. The molecule has 0 bridgehead atoms. The number of carbonyl (C=O) groups is 1. The summed E-state index contributed by atoms with van der Waals surface area (Å²) in [5, 5.41) is 22.7. The van der Waals surface area contributed by atoms with Gasteiger partial charge in [0.1, 0.15) is 22.4 Å². The highest BCUT2D eigenvalue weighted by molar-refractivity contribution is 7.18. The number of aromatic hydroxyl groups is 1. The molecule has 0 saturated carbocycles. The topological polar surface area (TPSA) is 82.5 Å². The smallest absolute Gasteiger partial charge is 0.252 e. The molecule has 1 amide bonds. The number of carbonyl (C=O) groups excluding carboxylic acids is 1. The quantitative estimate of drug-likeness (QED) is 0.366. The molecule has 0 aliphatic rings. The summed E-state index contributed by atoms with van der Waals surface area (Å²) in [5.74, 6) is -1.48. The Balaban J connectivity index is 1.60. The predicted octanol–water partition coefficient (Wildman–Crippen LogP) is 4.79. The first kappa shape index (κ1) is 22.6. The van der Waals surface area contributed by atoms with Gasteiger partial charge in [0.15, 0.2) is 0 Å². The standard InChI is InChI=1S/C25H20F2N2O3S/c26-17-10-8-15(9-11-17)22-13-28-25(33-22)23-19(5-3-6-20(23)27)24(32)29-18(14-30)12-16-4-1-2-7-21(16)31/h1-11,13,18,30-31H,12,14H2,(H,29,32)/t18-/m1/s1. The highest BCUT2D eigenvalue weighted by Crippen LogP contribution is 2.35. The van der Waals surface area contributed by atoms with E-state index in [4.69, 9.17) is 0 Å². The second-order valence-corrected chi connectivity index (χ2v) is 8.42. The average Bonchev–Trinajstić information content (AvgIpc) is 3.30. The molecule has 0 radical (unpaired) electrons. The number of thiazole rings is 1. The van der Waals surface area contributed by atoms with Gasteiger partial charge in [-0.25, -0.2) is 13.8 Å². The first-order chi connectivity index (χ1) is 16.0. The molecule has 0 aliphatic carbocycles. The molecule has 0 unspecified atom stereocenters. The van der Waals surface area contributed by atoms with E-state index >= 15 is 0 Å². The maximum atomic E-state index is 14.8. The zero-order valence-corrected chi connectivity index (χ0v) is 18.2. The molecular formula is C25H20F2N2O3S.